The number of imide groups is 1. The number of carbonyl (C=O) groups is 2. The Labute approximate surface area is 144 Å². The van der Waals surface area contributed by atoms with Crippen molar-refractivity contribution in [2.75, 3.05) is 19.5 Å². The first-order valence-corrected chi connectivity index (χ1v) is 7.63. The van der Waals surface area contributed by atoms with Crippen molar-refractivity contribution in [1.82, 2.24) is 4.90 Å². The highest BCUT2D eigenvalue weighted by Crippen LogP contribution is 2.32. The van der Waals surface area contributed by atoms with E-state index >= 15 is 0 Å². The molecule has 2 aromatic rings. The number of methoxy groups -OCH3 is 1. The monoisotopic (exact) mass is 342 g/mol. The number of hydrogen-bond acceptors (Lipinski definition) is 4. The van der Waals surface area contributed by atoms with E-state index in [1.54, 1.807) is 43.5 Å². The number of para-hydroxylation sites is 2. The highest BCUT2D eigenvalue weighted by molar-refractivity contribution is 6.36. The van der Waals surface area contributed by atoms with Crippen LogP contribution in [0.1, 0.15) is 5.56 Å². The van der Waals surface area contributed by atoms with E-state index in [0.29, 0.717) is 27.6 Å². The standard InChI is InChI=1S/C18H15ClN2O3/c1-21-17(22)15(11-7-9-12(19)10-8-11)16(18(21)23)20-13-5-3-4-6-14(13)24-2/h3-10,20H,1-2H3. The molecule has 0 atom stereocenters. The molecule has 0 saturated carbocycles. The first-order valence-electron chi connectivity index (χ1n) is 7.25. The van der Waals surface area contributed by atoms with Gasteiger partial charge in [0.05, 0.1) is 18.4 Å². The molecule has 3 rings (SSSR count). The van der Waals surface area contributed by atoms with Gasteiger partial charge < -0.3 is 10.1 Å². The second kappa shape index (κ2) is 6.37. The smallest absolute Gasteiger partial charge is 0.277 e. The zero-order valence-electron chi connectivity index (χ0n) is 13.2. The van der Waals surface area contributed by atoms with Gasteiger partial charge in [-0.25, -0.2) is 0 Å². The van der Waals surface area contributed by atoms with Crippen LogP contribution in [0.25, 0.3) is 5.57 Å². The summed E-state index contributed by atoms with van der Waals surface area (Å²) in [6.07, 6.45) is 0. The second-order valence-electron chi connectivity index (χ2n) is 5.25. The van der Waals surface area contributed by atoms with Crippen molar-refractivity contribution in [1.29, 1.82) is 0 Å². The topological polar surface area (TPSA) is 58.6 Å². The molecular weight excluding hydrogens is 328 g/mol. The van der Waals surface area contributed by atoms with E-state index in [1.165, 1.54) is 7.05 Å². The molecule has 6 heteroatoms. The van der Waals surface area contributed by atoms with E-state index in [0.717, 1.165) is 4.90 Å². The summed E-state index contributed by atoms with van der Waals surface area (Å²) in [6, 6.07) is 14.0. The molecule has 1 aliphatic heterocycles. The maximum absolute atomic E-state index is 12.5. The van der Waals surface area contributed by atoms with Gasteiger partial charge in [0.1, 0.15) is 11.4 Å². The summed E-state index contributed by atoms with van der Waals surface area (Å²) < 4.78 is 5.29. The van der Waals surface area contributed by atoms with Crippen LogP contribution in [0, 0.1) is 0 Å². The van der Waals surface area contributed by atoms with Gasteiger partial charge in [-0.3, -0.25) is 14.5 Å². The summed E-state index contributed by atoms with van der Waals surface area (Å²) in [5.41, 5.74) is 1.76. The van der Waals surface area contributed by atoms with Gasteiger partial charge in [-0.2, -0.15) is 0 Å². The Balaban J connectivity index is 2.10. The van der Waals surface area contributed by atoms with E-state index in [4.69, 9.17) is 16.3 Å². The number of halogens is 1. The number of anilines is 1. The maximum Gasteiger partial charge on any atom is 0.277 e. The van der Waals surface area contributed by atoms with Crippen molar-refractivity contribution >= 4 is 34.7 Å². The number of rotatable bonds is 4. The minimum atomic E-state index is -0.393. The molecule has 5 nitrogen and oxygen atoms in total. The van der Waals surface area contributed by atoms with Gasteiger partial charge in [-0.05, 0) is 29.8 Å². The predicted molar refractivity (Wildman–Crippen MR) is 92.8 cm³/mol. The summed E-state index contributed by atoms with van der Waals surface area (Å²) in [4.78, 5) is 26.1. The summed E-state index contributed by atoms with van der Waals surface area (Å²) in [6.45, 7) is 0. The van der Waals surface area contributed by atoms with Crippen LogP contribution in [0.5, 0.6) is 5.75 Å². The first kappa shape index (κ1) is 16.1. The number of nitrogens with one attached hydrogen (secondary N) is 1. The lowest BCUT2D eigenvalue weighted by Crippen LogP contribution is -2.27. The first-order chi connectivity index (χ1) is 11.5. The average molecular weight is 343 g/mol. The molecule has 0 saturated heterocycles. The van der Waals surface area contributed by atoms with Crippen LogP contribution in [0.4, 0.5) is 5.69 Å². The van der Waals surface area contributed by atoms with Crippen molar-refractivity contribution in [3.05, 3.63) is 64.8 Å². The number of benzene rings is 2. The quantitative estimate of drug-likeness (QED) is 0.867. The highest BCUT2D eigenvalue weighted by Gasteiger charge is 2.37. The molecule has 1 aliphatic rings. The van der Waals surface area contributed by atoms with E-state index in [9.17, 15) is 9.59 Å². The van der Waals surface area contributed by atoms with Gasteiger partial charge in [-0.1, -0.05) is 35.9 Å². The minimum absolute atomic E-state index is 0.217. The Kier molecular flexibility index (Phi) is 4.27. The van der Waals surface area contributed by atoms with Crippen LogP contribution in [0.3, 0.4) is 0 Å². The number of hydrogen-bond donors (Lipinski definition) is 1. The van der Waals surface area contributed by atoms with Gasteiger partial charge in [0, 0.05) is 12.1 Å². The number of nitrogens with zero attached hydrogens (tertiary/aromatic N) is 1. The molecule has 0 spiro atoms. The molecule has 2 amide bonds. The highest BCUT2D eigenvalue weighted by atomic mass is 35.5. The fourth-order valence-corrected chi connectivity index (χ4v) is 2.65. The maximum atomic E-state index is 12.5. The summed E-state index contributed by atoms with van der Waals surface area (Å²) in [5, 5.41) is 3.60. The fourth-order valence-electron chi connectivity index (χ4n) is 2.52. The van der Waals surface area contributed by atoms with Crippen molar-refractivity contribution in [3.63, 3.8) is 0 Å². The molecule has 24 heavy (non-hydrogen) atoms. The molecule has 0 aromatic heterocycles. The number of likely N-dealkylation sites (N-methyl/N-ethyl adjacent to an activating group) is 1. The zero-order valence-corrected chi connectivity index (χ0v) is 13.9. The summed E-state index contributed by atoms with van der Waals surface area (Å²) >= 11 is 5.91. The minimum Gasteiger partial charge on any atom is -0.495 e. The Bertz CT molecular complexity index is 844. The molecule has 1 heterocycles. The van der Waals surface area contributed by atoms with Crippen LogP contribution in [-0.4, -0.2) is 30.9 Å². The molecule has 2 aromatic carbocycles. The summed E-state index contributed by atoms with van der Waals surface area (Å²) in [5.74, 6) is -0.175. The van der Waals surface area contributed by atoms with Gasteiger partial charge in [0.25, 0.3) is 11.8 Å². The van der Waals surface area contributed by atoms with E-state index < -0.39 is 5.91 Å². The van der Waals surface area contributed by atoms with E-state index in [1.807, 2.05) is 12.1 Å². The predicted octanol–water partition coefficient (Wildman–Crippen LogP) is 3.17. The lowest BCUT2D eigenvalue weighted by molar-refractivity contribution is -0.135. The number of amides is 2. The molecule has 0 unspecified atom stereocenters. The van der Waals surface area contributed by atoms with E-state index in [2.05, 4.69) is 5.32 Å². The molecule has 0 fully saturated rings. The van der Waals surface area contributed by atoms with Crippen molar-refractivity contribution < 1.29 is 14.3 Å². The Morgan fingerprint density at radius 2 is 1.67 bits per heavy atom. The Hall–Kier alpha value is -2.79. The number of carbonyl (C=O) groups excluding carboxylic acids is 2. The van der Waals surface area contributed by atoms with Crippen LogP contribution >= 0.6 is 11.6 Å². The molecule has 0 aliphatic carbocycles. The third-order valence-electron chi connectivity index (χ3n) is 3.79. The molecule has 0 bridgehead atoms. The van der Waals surface area contributed by atoms with Crippen LogP contribution in [-0.2, 0) is 9.59 Å². The normalized spacial score (nSPS) is 14.4. The third kappa shape index (κ3) is 2.74. The average Bonchev–Trinajstić information content (AvgIpc) is 2.80. The molecule has 0 radical (unpaired) electrons. The lowest BCUT2D eigenvalue weighted by Gasteiger charge is -2.12. The molecule has 1 N–H and O–H groups in total. The van der Waals surface area contributed by atoms with Crippen LogP contribution in [0.2, 0.25) is 5.02 Å². The SMILES string of the molecule is COc1ccccc1NC1=C(c2ccc(Cl)cc2)C(=O)N(C)C1=O. The van der Waals surface area contributed by atoms with Crippen molar-refractivity contribution in [2.45, 2.75) is 0 Å². The summed E-state index contributed by atoms with van der Waals surface area (Å²) in [7, 11) is 3.00. The Morgan fingerprint density at radius 3 is 2.33 bits per heavy atom. The van der Waals surface area contributed by atoms with Crippen molar-refractivity contribution in [3.8, 4) is 5.75 Å². The molecule has 122 valence electrons. The lowest BCUT2D eigenvalue weighted by atomic mass is 10.0. The number of ether oxygens (including phenoxy) is 1. The molecular formula is C18H15ClN2O3. The van der Waals surface area contributed by atoms with Gasteiger partial charge in [0.2, 0.25) is 0 Å². The third-order valence-corrected chi connectivity index (χ3v) is 4.04. The van der Waals surface area contributed by atoms with Gasteiger partial charge in [-0.15, -0.1) is 0 Å². The van der Waals surface area contributed by atoms with E-state index in [-0.39, 0.29) is 11.6 Å². The van der Waals surface area contributed by atoms with Crippen molar-refractivity contribution in [2.24, 2.45) is 0 Å². The van der Waals surface area contributed by atoms with Crippen LogP contribution in [0.15, 0.2) is 54.2 Å². The Morgan fingerprint density at radius 1 is 1.00 bits per heavy atom. The van der Waals surface area contributed by atoms with Gasteiger partial charge in [0.15, 0.2) is 0 Å². The largest absolute Gasteiger partial charge is 0.495 e. The van der Waals surface area contributed by atoms with Crippen LogP contribution < -0.4 is 10.1 Å². The fraction of sp³-hybridized carbons (Fsp3) is 0.111. The second-order valence-corrected chi connectivity index (χ2v) is 5.69. The van der Waals surface area contributed by atoms with Gasteiger partial charge >= 0.3 is 0 Å². The zero-order chi connectivity index (χ0) is 17.3.